The molecule has 0 fully saturated rings. The van der Waals surface area contributed by atoms with Crippen molar-refractivity contribution in [3.63, 3.8) is 0 Å². The highest BCUT2D eigenvalue weighted by atomic mass is 16.7. The van der Waals surface area contributed by atoms with Crippen molar-refractivity contribution in [2.45, 2.75) is 20.3 Å². The van der Waals surface area contributed by atoms with E-state index >= 15 is 0 Å². The molecule has 0 heterocycles. The summed E-state index contributed by atoms with van der Waals surface area (Å²) < 4.78 is 5.42. The number of hydrazine groups is 1. The molecule has 16 heavy (non-hydrogen) atoms. The molecule has 0 amide bonds. The van der Waals surface area contributed by atoms with Crippen LogP contribution in [-0.2, 0) is 9.63 Å². The smallest absolute Gasteiger partial charge is 0.329 e. The number of ether oxygens (including phenoxy) is 1. The molecule has 5 heteroatoms. The summed E-state index contributed by atoms with van der Waals surface area (Å²) in [6.45, 7) is 4.25. The predicted molar refractivity (Wildman–Crippen MR) is 59.4 cm³/mol. The van der Waals surface area contributed by atoms with E-state index < -0.39 is 5.97 Å². The summed E-state index contributed by atoms with van der Waals surface area (Å²) in [6, 6.07) is 5.89. The average Bonchev–Trinajstić information content (AvgIpc) is 2.16. The molecule has 0 unspecified atom stereocenters. The normalized spacial score (nSPS) is 9.94. The van der Waals surface area contributed by atoms with Crippen LogP contribution in [0.4, 0.5) is 0 Å². The Bertz CT molecular complexity index is 346. The molecule has 1 aromatic carbocycles. The summed E-state index contributed by atoms with van der Waals surface area (Å²) in [4.78, 5) is 15.3. The van der Waals surface area contributed by atoms with E-state index in [0.29, 0.717) is 0 Å². The first-order valence-corrected chi connectivity index (χ1v) is 4.98. The molecule has 0 spiro atoms. The van der Waals surface area contributed by atoms with Gasteiger partial charge in [0, 0.05) is 0 Å². The highest BCUT2D eigenvalue weighted by Gasteiger charge is 2.03. The van der Waals surface area contributed by atoms with Crippen LogP contribution >= 0.6 is 0 Å². The molecule has 88 valence electrons. The van der Waals surface area contributed by atoms with Crippen molar-refractivity contribution in [2.75, 3.05) is 6.61 Å². The van der Waals surface area contributed by atoms with Crippen LogP contribution < -0.4 is 16.2 Å². The molecule has 0 saturated carbocycles. The number of carbonyl (C=O) groups excluding carboxylic acids is 1. The van der Waals surface area contributed by atoms with Crippen molar-refractivity contribution in [1.29, 1.82) is 0 Å². The van der Waals surface area contributed by atoms with Crippen molar-refractivity contribution >= 4 is 5.97 Å². The molecule has 5 nitrogen and oxygen atoms in total. The zero-order valence-electron chi connectivity index (χ0n) is 9.45. The quantitative estimate of drug-likeness (QED) is 0.576. The van der Waals surface area contributed by atoms with Gasteiger partial charge in [0.1, 0.15) is 5.75 Å². The van der Waals surface area contributed by atoms with Crippen molar-refractivity contribution < 1.29 is 14.4 Å². The van der Waals surface area contributed by atoms with Crippen molar-refractivity contribution in [3.8, 4) is 5.75 Å². The Kier molecular flexibility index (Phi) is 4.75. The number of carbonyl (C=O) groups is 1. The fourth-order valence-electron chi connectivity index (χ4n) is 1.39. The van der Waals surface area contributed by atoms with E-state index in [2.05, 4.69) is 10.9 Å². The van der Waals surface area contributed by atoms with Crippen LogP contribution in [0.2, 0.25) is 0 Å². The molecular weight excluding hydrogens is 208 g/mol. The van der Waals surface area contributed by atoms with E-state index in [4.69, 9.17) is 10.6 Å². The van der Waals surface area contributed by atoms with Gasteiger partial charge in [-0.15, -0.1) is 0 Å². The Hall–Kier alpha value is -1.59. The summed E-state index contributed by atoms with van der Waals surface area (Å²) in [5, 5.41) is 0. The minimum atomic E-state index is -0.452. The molecular formula is C11H16N2O3. The Balaban J connectivity index is 2.40. The number of hydrogen-bond acceptors (Lipinski definition) is 5. The largest absolute Gasteiger partial charge is 0.493 e. The third kappa shape index (κ3) is 4.29. The standard InChI is InChI=1S/C11H16N2O3/c1-8-5-9(2)7-10(6-8)15-4-3-11(14)16-13-12/h5-7,13H,3-4,12H2,1-2H3. The second-order valence-electron chi connectivity index (χ2n) is 3.51. The van der Waals surface area contributed by atoms with Gasteiger partial charge in [-0.25, -0.2) is 5.84 Å². The van der Waals surface area contributed by atoms with E-state index in [1.54, 1.807) is 0 Å². The maximum Gasteiger partial charge on any atom is 0.329 e. The van der Waals surface area contributed by atoms with Crippen molar-refractivity contribution in [2.24, 2.45) is 5.84 Å². The average molecular weight is 224 g/mol. The first-order valence-electron chi connectivity index (χ1n) is 4.98. The van der Waals surface area contributed by atoms with E-state index in [1.807, 2.05) is 31.6 Å². The fourth-order valence-corrected chi connectivity index (χ4v) is 1.39. The molecule has 0 aromatic heterocycles. The highest BCUT2D eigenvalue weighted by Crippen LogP contribution is 2.16. The zero-order valence-corrected chi connectivity index (χ0v) is 9.45. The number of benzene rings is 1. The van der Waals surface area contributed by atoms with Gasteiger partial charge in [-0.05, 0) is 37.1 Å². The molecule has 0 aliphatic rings. The zero-order chi connectivity index (χ0) is 12.0. The summed E-state index contributed by atoms with van der Waals surface area (Å²) in [6.07, 6.45) is 0.150. The second-order valence-corrected chi connectivity index (χ2v) is 3.51. The maximum atomic E-state index is 10.9. The highest BCUT2D eigenvalue weighted by molar-refractivity contribution is 5.69. The van der Waals surface area contributed by atoms with Gasteiger partial charge in [-0.1, -0.05) is 11.7 Å². The van der Waals surface area contributed by atoms with Gasteiger partial charge in [0.15, 0.2) is 0 Å². The summed E-state index contributed by atoms with van der Waals surface area (Å²) in [5.41, 5.74) is 4.08. The lowest BCUT2D eigenvalue weighted by Crippen LogP contribution is -2.26. The maximum absolute atomic E-state index is 10.9. The monoisotopic (exact) mass is 224 g/mol. The Morgan fingerprint density at radius 1 is 1.31 bits per heavy atom. The molecule has 0 bridgehead atoms. The first kappa shape index (κ1) is 12.5. The van der Waals surface area contributed by atoms with E-state index in [-0.39, 0.29) is 13.0 Å². The third-order valence-corrected chi connectivity index (χ3v) is 1.94. The van der Waals surface area contributed by atoms with E-state index in [0.717, 1.165) is 16.9 Å². The Morgan fingerprint density at radius 2 is 1.94 bits per heavy atom. The number of hydrogen-bond donors (Lipinski definition) is 2. The fraction of sp³-hybridized carbons (Fsp3) is 0.364. The molecule has 0 atom stereocenters. The van der Waals surface area contributed by atoms with Crippen molar-refractivity contribution in [1.82, 2.24) is 5.59 Å². The Morgan fingerprint density at radius 3 is 2.50 bits per heavy atom. The molecule has 0 aliphatic carbocycles. The van der Waals surface area contributed by atoms with Gasteiger partial charge in [0.25, 0.3) is 0 Å². The van der Waals surface area contributed by atoms with Gasteiger partial charge in [-0.2, -0.15) is 0 Å². The van der Waals surface area contributed by atoms with E-state index in [9.17, 15) is 4.79 Å². The topological polar surface area (TPSA) is 73.6 Å². The second kappa shape index (κ2) is 6.09. The molecule has 1 aromatic rings. The minimum Gasteiger partial charge on any atom is -0.493 e. The summed E-state index contributed by atoms with van der Waals surface area (Å²) in [5.74, 6) is 5.12. The Labute approximate surface area is 94.5 Å². The SMILES string of the molecule is Cc1cc(C)cc(OCCC(=O)ONN)c1. The first-order chi connectivity index (χ1) is 7.61. The van der Waals surface area contributed by atoms with Gasteiger partial charge in [0.2, 0.25) is 0 Å². The lowest BCUT2D eigenvalue weighted by atomic mass is 10.1. The van der Waals surface area contributed by atoms with Gasteiger partial charge in [0.05, 0.1) is 13.0 Å². The number of nitrogens with one attached hydrogen (secondary N) is 1. The van der Waals surface area contributed by atoms with E-state index in [1.165, 1.54) is 0 Å². The lowest BCUT2D eigenvalue weighted by Gasteiger charge is -2.07. The van der Waals surface area contributed by atoms with Crippen molar-refractivity contribution in [3.05, 3.63) is 29.3 Å². The number of aryl methyl sites for hydroxylation is 2. The van der Waals surface area contributed by atoms with Gasteiger partial charge in [-0.3, -0.25) is 4.79 Å². The third-order valence-electron chi connectivity index (χ3n) is 1.94. The van der Waals surface area contributed by atoms with Crippen LogP contribution in [0, 0.1) is 13.8 Å². The number of nitrogens with two attached hydrogens (primary N) is 1. The van der Waals surface area contributed by atoms with Crippen LogP contribution in [-0.4, -0.2) is 12.6 Å². The molecule has 1 rings (SSSR count). The van der Waals surface area contributed by atoms with Crippen LogP contribution in [0.1, 0.15) is 17.5 Å². The summed E-state index contributed by atoms with van der Waals surface area (Å²) in [7, 11) is 0. The van der Waals surface area contributed by atoms with Crippen LogP contribution in [0.25, 0.3) is 0 Å². The predicted octanol–water partition coefficient (Wildman–Crippen LogP) is 0.994. The van der Waals surface area contributed by atoms with Gasteiger partial charge >= 0.3 is 5.97 Å². The van der Waals surface area contributed by atoms with Crippen LogP contribution in [0.15, 0.2) is 18.2 Å². The van der Waals surface area contributed by atoms with Gasteiger partial charge < -0.3 is 9.57 Å². The lowest BCUT2D eigenvalue weighted by molar-refractivity contribution is -0.151. The van der Waals surface area contributed by atoms with Crippen LogP contribution in [0.3, 0.4) is 0 Å². The minimum absolute atomic E-state index is 0.150. The van der Waals surface area contributed by atoms with Crippen LogP contribution in [0.5, 0.6) is 5.75 Å². The summed E-state index contributed by atoms with van der Waals surface area (Å²) >= 11 is 0. The number of rotatable bonds is 5. The molecule has 0 radical (unpaired) electrons. The molecule has 0 aliphatic heterocycles. The molecule has 3 N–H and O–H groups in total. The molecule has 0 saturated heterocycles.